The fraction of sp³-hybridized carbons (Fsp3) is 0.167. The summed E-state index contributed by atoms with van der Waals surface area (Å²) in [5.41, 5.74) is 4.38. The van der Waals surface area contributed by atoms with Crippen LogP contribution < -0.4 is 24.4 Å². The van der Waals surface area contributed by atoms with E-state index in [-0.39, 0.29) is 18.3 Å². The maximum absolute atomic E-state index is 12.2. The van der Waals surface area contributed by atoms with Crippen LogP contribution in [0.25, 0.3) is 0 Å². The zero-order chi connectivity index (χ0) is 22.9. The fourth-order valence-electron chi connectivity index (χ4n) is 2.92. The van der Waals surface area contributed by atoms with Crippen LogP contribution >= 0.6 is 0 Å². The Balaban J connectivity index is 1.59. The molecule has 0 unspecified atom stereocenters. The lowest BCUT2D eigenvalue weighted by atomic mass is 10.2. The van der Waals surface area contributed by atoms with E-state index >= 15 is 0 Å². The average molecular weight is 436 g/mol. The number of phenols is 1. The minimum Gasteiger partial charge on any atom is -0.508 e. The summed E-state index contributed by atoms with van der Waals surface area (Å²) in [5, 5.41) is 13.3. The minimum absolute atomic E-state index is 0.127. The van der Waals surface area contributed by atoms with Gasteiger partial charge >= 0.3 is 0 Å². The van der Waals surface area contributed by atoms with E-state index in [4.69, 9.17) is 18.9 Å². The van der Waals surface area contributed by atoms with Crippen molar-refractivity contribution in [1.29, 1.82) is 0 Å². The molecular formula is C24H24N2O6. The van der Waals surface area contributed by atoms with Gasteiger partial charge in [-0.15, -0.1) is 0 Å². The van der Waals surface area contributed by atoms with Crippen LogP contribution in [0.1, 0.15) is 21.5 Å². The third-order valence-electron chi connectivity index (χ3n) is 4.50. The number of benzene rings is 3. The molecule has 0 radical (unpaired) electrons. The highest BCUT2D eigenvalue weighted by atomic mass is 16.5. The number of nitrogens with zero attached hydrogens (tertiary/aromatic N) is 1. The van der Waals surface area contributed by atoms with E-state index in [2.05, 4.69) is 10.5 Å². The van der Waals surface area contributed by atoms with Crippen molar-refractivity contribution in [1.82, 2.24) is 5.43 Å². The van der Waals surface area contributed by atoms with Crippen molar-refractivity contribution >= 4 is 12.1 Å². The van der Waals surface area contributed by atoms with E-state index in [9.17, 15) is 9.90 Å². The normalized spacial score (nSPS) is 10.6. The van der Waals surface area contributed by atoms with Crippen molar-refractivity contribution in [2.75, 3.05) is 21.3 Å². The van der Waals surface area contributed by atoms with Crippen LogP contribution in [0, 0.1) is 0 Å². The number of hydrazone groups is 1. The molecule has 0 saturated heterocycles. The zero-order valence-electron chi connectivity index (χ0n) is 18.0. The summed E-state index contributed by atoms with van der Waals surface area (Å²) in [4.78, 5) is 12.2. The van der Waals surface area contributed by atoms with Crippen LogP contribution in [0.2, 0.25) is 0 Å². The molecule has 0 saturated carbocycles. The topological polar surface area (TPSA) is 98.6 Å². The molecule has 0 aliphatic heterocycles. The van der Waals surface area contributed by atoms with Crippen LogP contribution in [0.4, 0.5) is 0 Å². The number of methoxy groups -OCH3 is 3. The number of ether oxygens (including phenoxy) is 4. The van der Waals surface area contributed by atoms with Gasteiger partial charge in [0.25, 0.3) is 5.91 Å². The molecule has 8 nitrogen and oxygen atoms in total. The molecule has 0 aliphatic rings. The van der Waals surface area contributed by atoms with Crippen LogP contribution in [-0.2, 0) is 6.61 Å². The Kier molecular flexibility index (Phi) is 7.53. The average Bonchev–Trinajstić information content (AvgIpc) is 2.82. The SMILES string of the molecule is COc1cc(COc2ccc(C(=O)N/N=C/c3cccc(O)c3)cc2)cc(OC)c1OC. The molecule has 166 valence electrons. The molecule has 3 rings (SSSR count). The maximum Gasteiger partial charge on any atom is 0.271 e. The monoisotopic (exact) mass is 436 g/mol. The predicted molar refractivity (Wildman–Crippen MR) is 120 cm³/mol. The summed E-state index contributed by atoms with van der Waals surface area (Å²) in [6.45, 7) is 0.274. The van der Waals surface area contributed by atoms with Crippen molar-refractivity contribution in [2.45, 2.75) is 6.61 Å². The van der Waals surface area contributed by atoms with Crippen LogP contribution in [0.5, 0.6) is 28.7 Å². The minimum atomic E-state index is -0.363. The second-order valence-electron chi connectivity index (χ2n) is 6.64. The Morgan fingerprint density at radius 1 is 0.969 bits per heavy atom. The van der Waals surface area contributed by atoms with E-state index in [0.29, 0.717) is 34.1 Å². The number of carbonyl (C=O) groups excluding carboxylic acids is 1. The van der Waals surface area contributed by atoms with Gasteiger partial charge in [-0.3, -0.25) is 4.79 Å². The fourth-order valence-corrected chi connectivity index (χ4v) is 2.92. The standard InChI is InChI=1S/C24H24N2O6/c1-29-21-12-17(13-22(30-2)23(21)31-3)15-32-20-9-7-18(8-10-20)24(28)26-25-14-16-5-4-6-19(27)11-16/h4-14,27H,15H2,1-3H3,(H,26,28)/b25-14+. The van der Waals surface area contributed by atoms with E-state index < -0.39 is 0 Å². The molecule has 0 spiro atoms. The van der Waals surface area contributed by atoms with Crippen molar-refractivity contribution in [3.8, 4) is 28.7 Å². The van der Waals surface area contributed by atoms with E-state index in [1.807, 2.05) is 12.1 Å². The molecule has 3 aromatic rings. The molecule has 0 bridgehead atoms. The number of carbonyl (C=O) groups is 1. The van der Waals surface area contributed by atoms with E-state index in [1.54, 1.807) is 63.8 Å². The van der Waals surface area contributed by atoms with E-state index in [0.717, 1.165) is 5.56 Å². The van der Waals surface area contributed by atoms with Crippen LogP contribution in [-0.4, -0.2) is 38.6 Å². The first kappa shape index (κ1) is 22.5. The highest BCUT2D eigenvalue weighted by Crippen LogP contribution is 2.38. The molecule has 0 heterocycles. The third-order valence-corrected chi connectivity index (χ3v) is 4.50. The molecule has 0 aromatic heterocycles. The molecule has 8 heteroatoms. The Morgan fingerprint density at radius 3 is 2.25 bits per heavy atom. The van der Waals surface area contributed by atoms with Gasteiger partial charge in [0, 0.05) is 5.56 Å². The van der Waals surface area contributed by atoms with Gasteiger partial charge in [-0.25, -0.2) is 5.43 Å². The first-order valence-electron chi connectivity index (χ1n) is 9.68. The molecule has 1 amide bonds. The van der Waals surface area contributed by atoms with Gasteiger partial charge in [0.1, 0.15) is 18.1 Å². The van der Waals surface area contributed by atoms with Crippen molar-refractivity contribution in [3.63, 3.8) is 0 Å². The summed E-state index contributed by atoms with van der Waals surface area (Å²) in [6, 6.07) is 16.9. The maximum atomic E-state index is 12.2. The third kappa shape index (κ3) is 5.69. The van der Waals surface area contributed by atoms with E-state index in [1.165, 1.54) is 12.3 Å². The Hall–Kier alpha value is -4.20. The molecule has 0 aliphatic carbocycles. The Bertz CT molecular complexity index is 1070. The molecule has 32 heavy (non-hydrogen) atoms. The highest BCUT2D eigenvalue weighted by molar-refractivity contribution is 5.95. The van der Waals surface area contributed by atoms with Gasteiger partial charge in [0.15, 0.2) is 11.5 Å². The number of nitrogens with one attached hydrogen (secondary N) is 1. The molecule has 0 atom stereocenters. The number of aromatic hydroxyl groups is 1. The van der Waals surface area contributed by atoms with Gasteiger partial charge in [0.2, 0.25) is 5.75 Å². The molecule has 3 aromatic carbocycles. The lowest BCUT2D eigenvalue weighted by molar-refractivity contribution is 0.0955. The number of amides is 1. The molecular weight excluding hydrogens is 412 g/mol. The molecule has 0 fully saturated rings. The summed E-state index contributed by atoms with van der Waals surface area (Å²) in [5.74, 6) is 1.96. The highest BCUT2D eigenvalue weighted by Gasteiger charge is 2.13. The zero-order valence-corrected chi connectivity index (χ0v) is 18.0. The Morgan fingerprint density at radius 2 is 1.66 bits per heavy atom. The summed E-state index contributed by atoms with van der Waals surface area (Å²) in [6.07, 6.45) is 1.45. The number of hydrogen-bond donors (Lipinski definition) is 2. The Labute approximate surface area is 186 Å². The van der Waals surface area contributed by atoms with Gasteiger partial charge in [-0.2, -0.15) is 5.10 Å². The predicted octanol–water partition coefficient (Wildman–Crippen LogP) is 3.76. The molecule has 2 N–H and O–H groups in total. The number of rotatable bonds is 9. The lowest BCUT2D eigenvalue weighted by Gasteiger charge is -2.14. The van der Waals surface area contributed by atoms with Gasteiger partial charge in [0.05, 0.1) is 27.5 Å². The smallest absolute Gasteiger partial charge is 0.271 e. The van der Waals surface area contributed by atoms with Gasteiger partial charge in [-0.1, -0.05) is 12.1 Å². The summed E-state index contributed by atoms with van der Waals surface area (Å²) in [7, 11) is 4.66. The first-order valence-corrected chi connectivity index (χ1v) is 9.68. The van der Waals surface area contributed by atoms with Crippen LogP contribution in [0.15, 0.2) is 65.8 Å². The second-order valence-corrected chi connectivity index (χ2v) is 6.64. The van der Waals surface area contributed by atoms with Crippen LogP contribution in [0.3, 0.4) is 0 Å². The van der Waals surface area contributed by atoms with Crippen molar-refractivity contribution in [3.05, 3.63) is 77.4 Å². The summed E-state index contributed by atoms with van der Waals surface area (Å²) < 4.78 is 21.8. The second kappa shape index (κ2) is 10.7. The first-order chi connectivity index (χ1) is 15.5. The van der Waals surface area contributed by atoms with Gasteiger partial charge < -0.3 is 24.1 Å². The number of hydrogen-bond acceptors (Lipinski definition) is 7. The largest absolute Gasteiger partial charge is 0.508 e. The van der Waals surface area contributed by atoms with Crippen molar-refractivity contribution < 1.29 is 28.8 Å². The quantitative estimate of drug-likeness (QED) is 0.392. The van der Waals surface area contributed by atoms with Gasteiger partial charge in [-0.05, 0) is 59.7 Å². The van der Waals surface area contributed by atoms with Crippen molar-refractivity contribution in [2.24, 2.45) is 5.10 Å². The lowest BCUT2D eigenvalue weighted by Crippen LogP contribution is -2.17. The number of phenolic OH excluding ortho intramolecular Hbond substituents is 1. The summed E-state index contributed by atoms with van der Waals surface area (Å²) >= 11 is 0.